The van der Waals surface area contributed by atoms with Gasteiger partial charge in [0, 0.05) is 41.1 Å². The Hall–Kier alpha value is -1.51. The molecule has 0 aromatic carbocycles. The van der Waals surface area contributed by atoms with Gasteiger partial charge in [-0.25, -0.2) is 0 Å². The zero-order valence-corrected chi connectivity index (χ0v) is 18.9. The average Bonchev–Trinajstić information content (AvgIpc) is 3.18. The summed E-state index contributed by atoms with van der Waals surface area (Å²) in [6, 6.07) is 7.58. The van der Waals surface area contributed by atoms with Crippen LogP contribution in [0.1, 0.15) is 61.9 Å². The fourth-order valence-electron chi connectivity index (χ4n) is 5.14. The molecule has 1 aliphatic heterocycles. The minimum Gasteiger partial charge on any atom is -0.375 e. The summed E-state index contributed by atoms with van der Waals surface area (Å²) >= 11 is 3.00. The third-order valence-corrected chi connectivity index (χ3v) is 7.25. The van der Waals surface area contributed by atoms with E-state index in [0.717, 1.165) is 50.9 Å². The number of hydrogen-bond acceptors (Lipinski definition) is 4. The lowest BCUT2D eigenvalue weighted by atomic mass is 9.68. The van der Waals surface area contributed by atoms with Gasteiger partial charge in [0.15, 0.2) is 5.69 Å². The molecule has 1 atom stereocenters. The van der Waals surface area contributed by atoms with Gasteiger partial charge >= 0.3 is 6.18 Å². The normalized spacial score (nSPS) is 23.4. The second-order valence-electron chi connectivity index (χ2n) is 8.76. The molecule has 168 valence electrons. The first kappa shape index (κ1) is 22.7. The Kier molecular flexibility index (Phi) is 6.70. The standard InChI is InChI=1S/C23H27BrF3N3O/c24-18-13-17(15-30-20(18)23(25,26)27)14-28-11-8-21(19-5-1-4-10-29-19)9-12-31-22(16-21)6-2-3-7-22/h1,4-5,10,13,15,28H,2-3,6-9,11-12,14,16H2. The maximum atomic E-state index is 12.9. The van der Waals surface area contributed by atoms with Gasteiger partial charge in [-0.05, 0) is 78.3 Å². The third-order valence-electron chi connectivity index (χ3n) is 6.65. The van der Waals surface area contributed by atoms with Gasteiger partial charge in [-0.3, -0.25) is 9.97 Å². The van der Waals surface area contributed by atoms with Gasteiger partial charge in [0.1, 0.15) is 0 Å². The van der Waals surface area contributed by atoms with Crippen LogP contribution >= 0.6 is 15.9 Å². The molecule has 1 aliphatic carbocycles. The van der Waals surface area contributed by atoms with Crippen LogP contribution in [0.2, 0.25) is 0 Å². The van der Waals surface area contributed by atoms with E-state index in [0.29, 0.717) is 12.1 Å². The molecule has 2 fully saturated rings. The van der Waals surface area contributed by atoms with Gasteiger partial charge in [-0.15, -0.1) is 0 Å². The molecule has 1 saturated carbocycles. The third kappa shape index (κ3) is 5.12. The Bertz CT molecular complexity index is 887. The molecule has 1 unspecified atom stereocenters. The first-order valence-electron chi connectivity index (χ1n) is 10.8. The molecule has 0 radical (unpaired) electrons. The van der Waals surface area contributed by atoms with E-state index in [1.54, 1.807) is 0 Å². The monoisotopic (exact) mass is 497 g/mol. The number of hydrogen-bond donors (Lipinski definition) is 1. The lowest BCUT2D eigenvalue weighted by Gasteiger charge is -2.46. The second-order valence-corrected chi connectivity index (χ2v) is 9.61. The van der Waals surface area contributed by atoms with Crippen molar-refractivity contribution in [1.29, 1.82) is 0 Å². The zero-order valence-electron chi connectivity index (χ0n) is 17.3. The number of nitrogens with zero attached hydrogens (tertiary/aromatic N) is 2. The maximum absolute atomic E-state index is 12.9. The van der Waals surface area contributed by atoms with Gasteiger partial charge in [0.05, 0.1) is 5.60 Å². The molecule has 4 nitrogen and oxygen atoms in total. The van der Waals surface area contributed by atoms with Crippen LogP contribution in [0.25, 0.3) is 0 Å². The Morgan fingerprint density at radius 3 is 2.61 bits per heavy atom. The van der Waals surface area contributed by atoms with Gasteiger partial charge in [0.2, 0.25) is 0 Å². The molecule has 2 aliphatic rings. The fraction of sp³-hybridized carbons (Fsp3) is 0.565. The van der Waals surface area contributed by atoms with Crippen molar-refractivity contribution in [3.05, 3.63) is 58.1 Å². The summed E-state index contributed by atoms with van der Waals surface area (Å²) in [6.45, 7) is 1.95. The zero-order chi connectivity index (χ0) is 22.0. The summed E-state index contributed by atoms with van der Waals surface area (Å²) in [4.78, 5) is 8.29. The number of nitrogens with one attached hydrogen (secondary N) is 1. The van der Waals surface area contributed by atoms with Crippen LogP contribution < -0.4 is 5.32 Å². The van der Waals surface area contributed by atoms with Crippen molar-refractivity contribution < 1.29 is 17.9 Å². The van der Waals surface area contributed by atoms with E-state index in [1.165, 1.54) is 25.1 Å². The smallest absolute Gasteiger partial charge is 0.375 e. The van der Waals surface area contributed by atoms with E-state index in [4.69, 9.17) is 9.72 Å². The van der Waals surface area contributed by atoms with E-state index in [1.807, 2.05) is 18.3 Å². The van der Waals surface area contributed by atoms with Gasteiger partial charge in [0.25, 0.3) is 0 Å². The van der Waals surface area contributed by atoms with Crippen LogP contribution in [0.3, 0.4) is 0 Å². The molecule has 8 heteroatoms. The van der Waals surface area contributed by atoms with Crippen molar-refractivity contribution in [3.8, 4) is 0 Å². The summed E-state index contributed by atoms with van der Waals surface area (Å²) in [6.07, 6.45) is 6.15. The predicted molar refractivity (Wildman–Crippen MR) is 116 cm³/mol. The quantitative estimate of drug-likeness (QED) is 0.512. The van der Waals surface area contributed by atoms with Crippen molar-refractivity contribution in [1.82, 2.24) is 15.3 Å². The Balaban J connectivity index is 1.42. The molecule has 1 N–H and O–H groups in total. The summed E-state index contributed by atoms with van der Waals surface area (Å²) in [5.41, 5.74) is 0.860. The van der Waals surface area contributed by atoms with Gasteiger partial charge < -0.3 is 10.1 Å². The van der Waals surface area contributed by atoms with E-state index in [2.05, 4.69) is 32.3 Å². The Morgan fingerprint density at radius 1 is 1.13 bits per heavy atom. The van der Waals surface area contributed by atoms with Crippen LogP contribution in [0.4, 0.5) is 13.2 Å². The minimum absolute atomic E-state index is 0.0298. The van der Waals surface area contributed by atoms with E-state index < -0.39 is 11.9 Å². The molecule has 1 saturated heterocycles. The number of rotatable bonds is 6. The number of aromatic nitrogens is 2. The van der Waals surface area contributed by atoms with Crippen molar-refractivity contribution in [2.45, 2.75) is 68.7 Å². The first-order valence-corrected chi connectivity index (χ1v) is 11.6. The highest BCUT2D eigenvalue weighted by atomic mass is 79.9. The number of halogens is 4. The summed E-state index contributed by atoms with van der Waals surface area (Å²) < 4.78 is 44.9. The van der Waals surface area contributed by atoms with E-state index in [9.17, 15) is 13.2 Å². The maximum Gasteiger partial charge on any atom is 0.434 e. The minimum atomic E-state index is -4.46. The van der Waals surface area contributed by atoms with Gasteiger partial charge in [-0.2, -0.15) is 13.2 Å². The van der Waals surface area contributed by atoms with Crippen molar-refractivity contribution >= 4 is 15.9 Å². The molecule has 31 heavy (non-hydrogen) atoms. The highest BCUT2D eigenvalue weighted by molar-refractivity contribution is 9.10. The molecule has 0 bridgehead atoms. The molecular weight excluding hydrogens is 471 g/mol. The van der Waals surface area contributed by atoms with Crippen molar-refractivity contribution in [2.24, 2.45) is 0 Å². The second kappa shape index (κ2) is 9.16. The topological polar surface area (TPSA) is 47.0 Å². The summed E-state index contributed by atoms with van der Waals surface area (Å²) in [7, 11) is 0. The van der Waals surface area contributed by atoms with E-state index in [-0.39, 0.29) is 15.5 Å². The van der Waals surface area contributed by atoms with Crippen LogP contribution in [-0.4, -0.2) is 28.7 Å². The van der Waals surface area contributed by atoms with Crippen molar-refractivity contribution in [3.63, 3.8) is 0 Å². The first-order chi connectivity index (χ1) is 14.8. The number of pyridine rings is 2. The lowest BCUT2D eigenvalue weighted by Crippen LogP contribution is -2.47. The van der Waals surface area contributed by atoms with Crippen LogP contribution in [-0.2, 0) is 22.9 Å². The Morgan fingerprint density at radius 2 is 1.94 bits per heavy atom. The predicted octanol–water partition coefficient (Wildman–Crippen LogP) is 5.80. The molecule has 3 heterocycles. The lowest BCUT2D eigenvalue weighted by molar-refractivity contribution is -0.141. The van der Waals surface area contributed by atoms with Gasteiger partial charge in [-0.1, -0.05) is 18.9 Å². The number of ether oxygens (including phenoxy) is 1. The average molecular weight is 498 g/mol. The largest absolute Gasteiger partial charge is 0.434 e. The molecule has 0 amide bonds. The summed E-state index contributed by atoms with van der Waals surface area (Å²) in [5.74, 6) is 0. The van der Waals surface area contributed by atoms with E-state index >= 15 is 0 Å². The van der Waals surface area contributed by atoms with Crippen LogP contribution in [0.15, 0.2) is 41.1 Å². The molecule has 2 aromatic heterocycles. The highest BCUT2D eigenvalue weighted by Crippen LogP contribution is 2.49. The SMILES string of the molecule is FC(F)(F)c1ncc(CNCCC2(c3ccccn3)CCOC3(CCCC3)C2)cc1Br. The fourth-order valence-corrected chi connectivity index (χ4v) is 5.76. The Labute approximate surface area is 189 Å². The highest BCUT2D eigenvalue weighted by Gasteiger charge is 2.48. The molecule has 2 aromatic rings. The van der Waals surface area contributed by atoms with Crippen LogP contribution in [0.5, 0.6) is 0 Å². The van der Waals surface area contributed by atoms with Crippen LogP contribution in [0, 0.1) is 0 Å². The van der Waals surface area contributed by atoms with Crippen molar-refractivity contribution in [2.75, 3.05) is 13.2 Å². The molecule has 1 spiro atoms. The summed E-state index contributed by atoms with van der Waals surface area (Å²) in [5, 5.41) is 3.40. The molecule has 4 rings (SSSR count). The molecular formula is C23H27BrF3N3O. The number of alkyl halides is 3.